The van der Waals surface area contributed by atoms with Gasteiger partial charge >= 0.3 is 0 Å². The Balaban J connectivity index is 2.23. The molecule has 1 aromatic carbocycles. The SMILES string of the molecule is CN1C(=O)C(C)(C)c2cc(CC(=O)NCCN)ccc21. The van der Waals surface area contributed by atoms with Crippen LogP contribution in [-0.4, -0.2) is 32.0 Å². The second-order valence-corrected chi connectivity index (χ2v) is 5.66. The van der Waals surface area contributed by atoms with Crippen LogP contribution in [0.25, 0.3) is 0 Å². The quantitative estimate of drug-likeness (QED) is 0.843. The predicted octanol–water partition coefficient (Wildman–Crippen LogP) is 0.558. The number of hydrogen-bond donors (Lipinski definition) is 2. The molecule has 0 spiro atoms. The molecule has 108 valence electrons. The molecule has 0 unspecified atom stereocenters. The Hall–Kier alpha value is -1.88. The van der Waals surface area contributed by atoms with Crippen LogP contribution in [-0.2, 0) is 21.4 Å². The molecule has 1 aliphatic heterocycles. The van der Waals surface area contributed by atoms with E-state index >= 15 is 0 Å². The lowest BCUT2D eigenvalue weighted by Crippen LogP contribution is -2.33. The average molecular weight is 275 g/mol. The Morgan fingerprint density at radius 2 is 2.10 bits per heavy atom. The van der Waals surface area contributed by atoms with Crippen molar-refractivity contribution >= 4 is 17.5 Å². The Morgan fingerprint density at radius 3 is 2.75 bits per heavy atom. The Labute approximate surface area is 119 Å². The number of likely N-dealkylation sites (N-methyl/N-ethyl adjacent to an activating group) is 1. The van der Waals surface area contributed by atoms with Crippen molar-refractivity contribution in [1.29, 1.82) is 0 Å². The molecule has 5 heteroatoms. The maximum Gasteiger partial charge on any atom is 0.236 e. The van der Waals surface area contributed by atoms with E-state index in [0.29, 0.717) is 19.5 Å². The summed E-state index contributed by atoms with van der Waals surface area (Å²) in [6, 6.07) is 5.76. The highest BCUT2D eigenvalue weighted by molar-refractivity contribution is 6.07. The normalized spacial score (nSPS) is 16.2. The third-order valence-corrected chi connectivity index (χ3v) is 3.77. The van der Waals surface area contributed by atoms with Crippen LogP contribution in [0.2, 0.25) is 0 Å². The highest BCUT2D eigenvalue weighted by Gasteiger charge is 2.42. The molecule has 0 bridgehead atoms. The molecule has 0 saturated carbocycles. The van der Waals surface area contributed by atoms with Crippen molar-refractivity contribution < 1.29 is 9.59 Å². The third-order valence-electron chi connectivity index (χ3n) is 3.77. The minimum absolute atomic E-state index is 0.0501. The van der Waals surface area contributed by atoms with Crippen LogP contribution in [0.1, 0.15) is 25.0 Å². The third kappa shape index (κ3) is 2.41. The molecule has 5 nitrogen and oxygen atoms in total. The summed E-state index contributed by atoms with van der Waals surface area (Å²) in [4.78, 5) is 25.6. The first-order valence-corrected chi connectivity index (χ1v) is 6.76. The molecule has 0 radical (unpaired) electrons. The topological polar surface area (TPSA) is 75.4 Å². The number of nitrogens with one attached hydrogen (secondary N) is 1. The summed E-state index contributed by atoms with van der Waals surface area (Å²) in [5.41, 5.74) is 7.63. The van der Waals surface area contributed by atoms with E-state index in [4.69, 9.17) is 5.73 Å². The second kappa shape index (κ2) is 5.25. The smallest absolute Gasteiger partial charge is 0.236 e. The Kier molecular flexibility index (Phi) is 3.81. The largest absolute Gasteiger partial charge is 0.355 e. The van der Waals surface area contributed by atoms with E-state index < -0.39 is 5.41 Å². The minimum Gasteiger partial charge on any atom is -0.355 e. The average Bonchev–Trinajstić information content (AvgIpc) is 2.58. The van der Waals surface area contributed by atoms with Crippen LogP contribution in [0.5, 0.6) is 0 Å². The molecular formula is C15H21N3O2. The van der Waals surface area contributed by atoms with Gasteiger partial charge in [-0.15, -0.1) is 0 Å². The van der Waals surface area contributed by atoms with Gasteiger partial charge in [0.25, 0.3) is 0 Å². The fraction of sp³-hybridized carbons (Fsp3) is 0.467. The molecule has 1 heterocycles. The van der Waals surface area contributed by atoms with Crippen molar-refractivity contribution in [1.82, 2.24) is 5.32 Å². The van der Waals surface area contributed by atoms with Crippen LogP contribution in [0.15, 0.2) is 18.2 Å². The maximum atomic E-state index is 12.2. The van der Waals surface area contributed by atoms with Gasteiger partial charge in [0.05, 0.1) is 11.8 Å². The summed E-state index contributed by atoms with van der Waals surface area (Å²) in [5.74, 6) is 0.0307. The summed E-state index contributed by atoms with van der Waals surface area (Å²) in [6.07, 6.45) is 0.307. The lowest BCUT2D eigenvalue weighted by molar-refractivity contribution is -0.122. The highest BCUT2D eigenvalue weighted by Crippen LogP contribution is 2.41. The zero-order valence-electron chi connectivity index (χ0n) is 12.2. The molecule has 0 aromatic heterocycles. The first-order chi connectivity index (χ1) is 9.37. The van der Waals surface area contributed by atoms with Crippen molar-refractivity contribution in [3.8, 4) is 0 Å². The zero-order chi connectivity index (χ0) is 14.9. The van der Waals surface area contributed by atoms with Gasteiger partial charge in [-0.1, -0.05) is 12.1 Å². The van der Waals surface area contributed by atoms with Crippen LogP contribution in [0.3, 0.4) is 0 Å². The molecule has 1 aliphatic rings. The van der Waals surface area contributed by atoms with Crippen LogP contribution in [0.4, 0.5) is 5.69 Å². The molecular weight excluding hydrogens is 254 g/mol. The summed E-state index contributed by atoms with van der Waals surface area (Å²) < 4.78 is 0. The standard InChI is InChI=1S/C15H21N3O2/c1-15(2)11-8-10(9-13(19)17-7-6-16)4-5-12(11)18(3)14(15)20/h4-5,8H,6-7,9,16H2,1-3H3,(H,17,19). The molecule has 20 heavy (non-hydrogen) atoms. The van der Waals surface area contributed by atoms with Crippen LogP contribution >= 0.6 is 0 Å². The number of benzene rings is 1. The summed E-state index contributed by atoms with van der Waals surface area (Å²) in [7, 11) is 1.78. The van der Waals surface area contributed by atoms with Crippen LogP contribution < -0.4 is 16.0 Å². The monoisotopic (exact) mass is 275 g/mol. The second-order valence-electron chi connectivity index (χ2n) is 5.66. The van der Waals surface area contributed by atoms with E-state index in [1.54, 1.807) is 11.9 Å². The van der Waals surface area contributed by atoms with E-state index in [0.717, 1.165) is 16.8 Å². The molecule has 0 fully saturated rings. The van der Waals surface area contributed by atoms with E-state index in [1.807, 2.05) is 32.0 Å². The van der Waals surface area contributed by atoms with Gasteiger partial charge in [-0.05, 0) is 31.0 Å². The number of carbonyl (C=O) groups is 2. The lowest BCUT2D eigenvalue weighted by atomic mass is 9.85. The zero-order valence-corrected chi connectivity index (χ0v) is 12.2. The first kappa shape index (κ1) is 14.5. The fourth-order valence-corrected chi connectivity index (χ4v) is 2.59. The van der Waals surface area contributed by atoms with Gasteiger partial charge in [0.2, 0.25) is 11.8 Å². The van der Waals surface area contributed by atoms with E-state index in [-0.39, 0.29) is 11.8 Å². The van der Waals surface area contributed by atoms with E-state index in [9.17, 15) is 9.59 Å². The maximum absolute atomic E-state index is 12.2. The number of amides is 2. The summed E-state index contributed by atoms with van der Waals surface area (Å²) in [5, 5.41) is 2.75. The van der Waals surface area contributed by atoms with Gasteiger partial charge in [-0.2, -0.15) is 0 Å². The number of fused-ring (bicyclic) bond motifs is 1. The highest BCUT2D eigenvalue weighted by atomic mass is 16.2. The van der Waals surface area contributed by atoms with Crippen molar-refractivity contribution in [3.63, 3.8) is 0 Å². The Morgan fingerprint density at radius 1 is 1.40 bits per heavy atom. The molecule has 3 N–H and O–H groups in total. The number of rotatable bonds is 4. The molecule has 0 aliphatic carbocycles. The van der Waals surface area contributed by atoms with Crippen molar-refractivity contribution in [2.75, 3.05) is 25.0 Å². The summed E-state index contributed by atoms with van der Waals surface area (Å²) in [6.45, 7) is 4.74. The van der Waals surface area contributed by atoms with Gasteiger partial charge < -0.3 is 16.0 Å². The minimum atomic E-state index is -0.534. The molecule has 2 amide bonds. The number of nitrogens with two attached hydrogens (primary N) is 1. The number of nitrogens with zero attached hydrogens (tertiary/aromatic N) is 1. The molecule has 1 aromatic rings. The molecule has 0 saturated heterocycles. The van der Waals surface area contributed by atoms with Gasteiger partial charge in [0, 0.05) is 25.8 Å². The number of carbonyl (C=O) groups excluding carboxylic acids is 2. The van der Waals surface area contributed by atoms with Gasteiger partial charge in [-0.3, -0.25) is 9.59 Å². The van der Waals surface area contributed by atoms with Gasteiger partial charge in [0.1, 0.15) is 0 Å². The van der Waals surface area contributed by atoms with Crippen molar-refractivity contribution in [3.05, 3.63) is 29.3 Å². The molecule has 0 atom stereocenters. The van der Waals surface area contributed by atoms with Crippen molar-refractivity contribution in [2.45, 2.75) is 25.7 Å². The molecule has 2 rings (SSSR count). The fourth-order valence-electron chi connectivity index (χ4n) is 2.59. The number of anilines is 1. The van der Waals surface area contributed by atoms with Crippen LogP contribution in [0, 0.1) is 0 Å². The Bertz CT molecular complexity index is 552. The van der Waals surface area contributed by atoms with Gasteiger partial charge in [-0.25, -0.2) is 0 Å². The first-order valence-electron chi connectivity index (χ1n) is 6.76. The van der Waals surface area contributed by atoms with Crippen molar-refractivity contribution in [2.24, 2.45) is 5.73 Å². The number of hydrogen-bond acceptors (Lipinski definition) is 3. The van der Waals surface area contributed by atoms with E-state index in [2.05, 4.69) is 5.32 Å². The lowest BCUT2D eigenvalue weighted by Gasteiger charge is -2.16. The predicted molar refractivity (Wildman–Crippen MR) is 78.6 cm³/mol. The van der Waals surface area contributed by atoms with Gasteiger partial charge in [0.15, 0.2) is 0 Å². The van der Waals surface area contributed by atoms with E-state index in [1.165, 1.54) is 0 Å². The summed E-state index contributed by atoms with van der Waals surface area (Å²) >= 11 is 0.